The van der Waals surface area contributed by atoms with Crippen LogP contribution in [0.15, 0.2) is 12.7 Å². The van der Waals surface area contributed by atoms with Gasteiger partial charge >= 0.3 is 11.9 Å². The molecule has 0 aromatic carbocycles. The third-order valence-electron chi connectivity index (χ3n) is 4.57. The zero-order valence-corrected chi connectivity index (χ0v) is 16.6. The average molecular weight is 384 g/mol. The summed E-state index contributed by atoms with van der Waals surface area (Å²) in [5.41, 5.74) is 5.13. The Balaban J connectivity index is 3.75. The zero-order valence-electron chi connectivity index (χ0n) is 16.6. The van der Waals surface area contributed by atoms with Gasteiger partial charge in [-0.3, -0.25) is 9.59 Å². The monoisotopic (exact) mass is 383 g/mol. The fraction of sp³-hybridized carbons (Fsp3) is 0.762. The smallest absolute Gasteiger partial charge is 0.330 e. The Morgan fingerprint density at radius 2 is 1.26 bits per heavy atom. The van der Waals surface area contributed by atoms with Gasteiger partial charge in [0.1, 0.15) is 6.10 Å². The van der Waals surface area contributed by atoms with Gasteiger partial charge in [0.05, 0.1) is 0 Å². The van der Waals surface area contributed by atoms with Crippen molar-refractivity contribution in [2.75, 3.05) is 0 Å². The first-order valence-corrected chi connectivity index (χ1v) is 10.3. The summed E-state index contributed by atoms with van der Waals surface area (Å²) in [7, 11) is 0. The summed E-state index contributed by atoms with van der Waals surface area (Å²) in [5.74, 6) is -1.36. The number of primary amides is 1. The molecule has 156 valence electrons. The van der Waals surface area contributed by atoms with Crippen molar-refractivity contribution in [3.8, 4) is 0 Å². The van der Waals surface area contributed by atoms with E-state index in [2.05, 4.69) is 6.58 Å². The van der Waals surface area contributed by atoms with E-state index in [-0.39, 0.29) is 24.4 Å². The molecule has 0 saturated carbocycles. The second-order valence-electron chi connectivity index (χ2n) is 7.09. The fourth-order valence-electron chi connectivity index (χ4n) is 3.03. The summed E-state index contributed by atoms with van der Waals surface area (Å²) in [6.07, 6.45) is 14.5. The van der Waals surface area contributed by atoms with Gasteiger partial charge in [0.25, 0.3) is 0 Å². The SMILES string of the molecule is C=CC(=O)OC(CCCCCCCCCCC(=O)O)CCCCCC(N)=O. The van der Waals surface area contributed by atoms with E-state index in [4.69, 9.17) is 15.6 Å². The molecule has 3 N–H and O–H groups in total. The molecule has 0 aromatic heterocycles. The lowest BCUT2D eigenvalue weighted by atomic mass is 10.0. The third-order valence-corrected chi connectivity index (χ3v) is 4.57. The molecule has 6 heteroatoms. The molecular formula is C21H37NO5. The highest BCUT2D eigenvalue weighted by atomic mass is 16.5. The maximum atomic E-state index is 11.5. The Bertz CT molecular complexity index is 436. The maximum absolute atomic E-state index is 11.5. The summed E-state index contributed by atoms with van der Waals surface area (Å²) < 4.78 is 5.42. The van der Waals surface area contributed by atoms with Crippen LogP contribution < -0.4 is 5.73 Å². The first kappa shape index (κ1) is 25.1. The summed E-state index contributed by atoms with van der Waals surface area (Å²) in [6.45, 7) is 3.45. The van der Waals surface area contributed by atoms with Crippen molar-refractivity contribution in [2.24, 2.45) is 5.73 Å². The lowest BCUT2D eigenvalue weighted by Crippen LogP contribution is -2.17. The van der Waals surface area contributed by atoms with Crippen LogP contribution in [-0.2, 0) is 19.1 Å². The Labute approximate surface area is 163 Å². The molecule has 1 unspecified atom stereocenters. The number of nitrogens with two attached hydrogens (primary N) is 1. The van der Waals surface area contributed by atoms with Crippen molar-refractivity contribution in [1.82, 2.24) is 0 Å². The summed E-state index contributed by atoms with van der Waals surface area (Å²) in [6, 6.07) is 0. The molecular weight excluding hydrogens is 346 g/mol. The van der Waals surface area contributed by atoms with Crippen LogP contribution in [0.5, 0.6) is 0 Å². The minimum absolute atomic E-state index is 0.0832. The van der Waals surface area contributed by atoms with E-state index in [9.17, 15) is 14.4 Å². The highest BCUT2D eigenvalue weighted by Crippen LogP contribution is 2.17. The number of carboxylic acids is 1. The number of amides is 1. The third kappa shape index (κ3) is 18.7. The van der Waals surface area contributed by atoms with Crippen LogP contribution >= 0.6 is 0 Å². The number of rotatable bonds is 19. The molecule has 0 aromatic rings. The number of carbonyl (C=O) groups excluding carboxylic acids is 2. The number of hydrogen-bond acceptors (Lipinski definition) is 4. The van der Waals surface area contributed by atoms with E-state index in [1.165, 1.54) is 6.08 Å². The Hall–Kier alpha value is -1.85. The van der Waals surface area contributed by atoms with Gasteiger partial charge in [-0.05, 0) is 38.5 Å². The predicted octanol–water partition coefficient (Wildman–Crippen LogP) is 4.51. The van der Waals surface area contributed by atoms with E-state index in [1.54, 1.807) is 0 Å². The molecule has 6 nitrogen and oxygen atoms in total. The van der Waals surface area contributed by atoms with E-state index < -0.39 is 5.97 Å². The molecule has 0 rings (SSSR count). The second-order valence-corrected chi connectivity index (χ2v) is 7.09. The van der Waals surface area contributed by atoms with Crippen molar-refractivity contribution >= 4 is 17.8 Å². The van der Waals surface area contributed by atoms with Crippen LogP contribution in [-0.4, -0.2) is 29.1 Å². The normalized spacial score (nSPS) is 11.7. The second kappa shape index (κ2) is 17.6. The molecule has 0 bridgehead atoms. The van der Waals surface area contributed by atoms with Gasteiger partial charge in [0.2, 0.25) is 5.91 Å². The summed E-state index contributed by atoms with van der Waals surface area (Å²) >= 11 is 0. The van der Waals surface area contributed by atoms with Gasteiger partial charge in [-0.25, -0.2) is 4.79 Å². The lowest BCUT2D eigenvalue weighted by Gasteiger charge is -2.17. The number of ether oxygens (including phenoxy) is 1. The van der Waals surface area contributed by atoms with E-state index >= 15 is 0 Å². The van der Waals surface area contributed by atoms with Gasteiger partial charge in [-0.15, -0.1) is 0 Å². The minimum atomic E-state index is -0.713. The average Bonchev–Trinajstić information content (AvgIpc) is 2.61. The topological polar surface area (TPSA) is 107 Å². The van der Waals surface area contributed by atoms with Crippen molar-refractivity contribution in [2.45, 2.75) is 102 Å². The molecule has 0 radical (unpaired) electrons. The molecule has 0 aliphatic heterocycles. The van der Waals surface area contributed by atoms with Gasteiger partial charge in [-0.1, -0.05) is 51.5 Å². The standard InChI is InChI=1S/C21H37NO5/c1-2-21(26)27-18(15-11-9-12-16-19(22)23)14-10-7-5-3-4-6-8-13-17-20(24)25/h2,18H,1,3-17H2,(H2,22,23)(H,24,25). The van der Waals surface area contributed by atoms with Gasteiger partial charge in [-0.2, -0.15) is 0 Å². The maximum Gasteiger partial charge on any atom is 0.330 e. The van der Waals surface area contributed by atoms with Crippen LogP contribution in [0, 0.1) is 0 Å². The molecule has 1 atom stereocenters. The van der Waals surface area contributed by atoms with E-state index in [0.29, 0.717) is 6.42 Å². The molecule has 0 aliphatic rings. The lowest BCUT2D eigenvalue weighted by molar-refractivity contribution is -0.143. The Morgan fingerprint density at radius 1 is 0.815 bits per heavy atom. The van der Waals surface area contributed by atoms with Crippen LogP contribution in [0.4, 0.5) is 0 Å². The Kier molecular flexibility index (Phi) is 16.4. The van der Waals surface area contributed by atoms with Gasteiger partial charge in [0, 0.05) is 18.9 Å². The van der Waals surface area contributed by atoms with E-state index in [0.717, 1.165) is 83.5 Å². The molecule has 0 heterocycles. The van der Waals surface area contributed by atoms with Crippen molar-refractivity contribution in [3.63, 3.8) is 0 Å². The fourth-order valence-corrected chi connectivity index (χ4v) is 3.03. The van der Waals surface area contributed by atoms with Crippen LogP contribution in [0.1, 0.15) is 96.3 Å². The molecule has 27 heavy (non-hydrogen) atoms. The number of aliphatic carboxylic acids is 1. The number of unbranched alkanes of at least 4 members (excludes halogenated alkanes) is 9. The highest BCUT2D eigenvalue weighted by Gasteiger charge is 2.12. The van der Waals surface area contributed by atoms with Crippen molar-refractivity contribution in [1.29, 1.82) is 0 Å². The molecule has 0 aliphatic carbocycles. The van der Waals surface area contributed by atoms with Crippen molar-refractivity contribution in [3.05, 3.63) is 12.7 Å². The van der Waals surface area contributed by atoms with Crippen molar-refractivity contribution < 1.29 is 24.2 Å². The van der Waals surface area contributed by atoms with E-state index in [1.807, 2.05) is 0 Å². The molecule has 0 saturated heterocycles. The van der Waals surface area contributed by atoms with Crippen LogP contribution in [0.25, 0.3) is 0 Å². The highest BCUT2D eigenvalue weighted by molar-refractivity contribution is 5.81. The molecule has 0 fully saturated rings. The predicted molar refractivity (Wildman–Crippen MR) is 106 cm³/mol. The van der Waals surface area contributed by atoms with Crippen LogP contribution in [0.2, 0.25) is 0 Å². The van der Waals surface area contributed by atoms with Crippen LogP contribution in [0.3, 0.4) is 0 Å². The number of esters is 1. The van der Waals surface area contributed by atoms with Gasteiger partial charge < -0.3 is 15.6 Å². The minimum Gasteiger partial charge on any atom is -0.481 e. The Morgan fingerprint density at radius 3 is 1.74 bits per heavy atom. The van der Waals surface area contributed by atoms with Gasteiger partial charge in [0.15, 0.2) is 0 Å². The first-order valence-electron chi connectivity index (χ1n) is 10.3. The number of carboxylic acid groups (broad SMARTS) is 1. The quantitative estimate of drug-likeness (QED) is 0.194. The zero-order chi connectivity index (χ0) is 20.3. The largest absolute Gasteiger partial charge is 0.481 e. The molecule has 0 spiro atoms. The first-order chi connectivity index (χ1) is 13.0. The number of carbonyl (C=O) groups is 3. The summed E-state index contributed by atoms with van der Waals surface area (Å²) in [4.78, 5) is 32.6. The number of hydrogen-bond donors (Lipinski definition) is 2. The summed E-state index contributed by atoms with van der Waals surface area (Å²) in [5, 5.41) is 8.58. The molecule has 1 amide bonds.